The molecule has 1 aromatic rings. The molecule has 0 spiro atoms. The lowest BCUT2D eigenvalue weighted by molar-refractivity contribution is -0.142. The van der Waals surface area contributed by atoms with Gasteiger partial charge in [-0.1, -0.05) is 23.2 Å². The van der Waals surface area contributed by atoms with Crippen molar-refractivity contribution in [2.75, 3.05) is 18.3 Å². The molecule has 0 aromatic heterocycles. The molecule has 1 aromatic carbocycles. The summed E-state index contributed by atoms with van der Waals surface area (Å²) in [7, 11) is -0.528. The Morgan fingerprint density at radius 3 is 2.35 bits per heavy atom. The molecule has 2 amide bonds. The largest absolute Gasteiger partial charge is 0.468 e. The minimum Gasteiger partial charge on any atom is -0.468 e. The van der Waals surface area contributed by atoms with E-state index in [1.165, 1.54) is 24.5 Å². The number of amides is 2. The van der Waals surface area contributed by atoms with Crippen LogP contribution in [0.1, 0.15) is 6.42 Å². The second kappa shape index (κ2) is 6.98. The van der Waals surface area contributed by atoms with Crippen LogP contribution in [-0.2, 0) is 29.9 Å². The molecule has 0 saturated carbocycles. The Balaban J connectivity index is 2.39. The Morgan fingerprint density at radius 2 is 1.87 bits per heavy atom. The van der Waals surface area contributed by atoms with Gasteiger partial charge >= 0.3 is 5.97 Å². The molecule has 0 N–H and O–H groups in total. The Kier molecular flexibility index (Phi) is 5.44. The molecule has 0 radical (unpaired) electrons. The fourth-order valence-electron chi connectivity index (χ4n) is 2.48. The molecule has 1 saturated heterocycles. The molecule has 1 fully saturated rings. The number of nitrogens with zero attached hydrogens (tertiary/aromatic N) is 1. The van der Waals surface area contributed by atoms with E-state index in [0.717, 1.165) is 12.0 Å². The molecule has 3 atom stereocenters. The highest BCUT2D eigenvalue weighted by Gasteiger charge is 2.48. The van der Waals surface area contributed by atoms with Crippen molar-refractivity contribution in [2.45, 2.75) is 11.7 Å². The summed E-state index contributed by atoms with van der Waals surface area (Å²) in [5, 5.41) is -0.670. The maximum absolute atomic E-state index is 12.6. The summed E-state index contributed by atoms with van der Waals surface area (Å²) in [6.45, 7) is 0. The van der Waals surface area contributed by atoms with Gasteiger partial charge in [0.25, 0.3) is 0 Å². The van der Waals surface area contributed by atoms with Crippen LogP contribution in [0.15, 0.2) is 18.2 Å². The zero-order valence-electron chi connectivity index (χ0n) is 12.2. The second-order valence-corrected chi connectivity index (χ2v) is 7.33. The maximum atomic E-state index is 12.6. The summed E-state index contributed by atoms with van der Waals surface area (Å²) in [6.07, 6.45) is 1.06. The van der Waals surface area contributed by atoms with E-state index in [1.807, 2.05) is 0 Å². The van der Waals surface area contributed by atoms with E-state index in [-0.39, 0.29) is 22.2 Å². The average Bonchev–Trinajstić information content (AvgIpc) is 2.72. The van der Waals surface area contributed by atoms with Crippen molar-refractivity contribution in [3.8, 4) is 0 Å². The predicted octanol–water partition coefficient (Wildman–Crippen LogP) is 1.79. The number of benzene rings is 1. The SMILES string of the molecule is COC(=O)C(C1CC(=O)N(c2cc(Cl)cc(Cl)c2)C1=O)S(C)=O. The highest BCUT2D eigenvalue weighted by Crippen LogP contribution is 2.33. The number of hydrogen-bond donors (Lipinski definition) is 0. The standard InChI is InChI=1S/C14H13Cl2NO5S/c1-22-14(20)12(23(2)21)10-6-11(18)17(13(10)19)9-4-7(15)3-8(16)5-9/h3-5,10,12H,6H2,1-2H3. The van der Waals surface area contributed by atoms with Crippen LogP contribution in [0.3, 0.4) is 0 Å². The van der Waals surface area contributed by atoms with E-state index in [2.05, 4.69) is 4.74 Å². The molecule has 3 unspecified atom stereocenters. The van der Waals surface area contributed by atoms with Crippen LogP contribution in [0, 0.1) is 5.92 Å². The molecule has 1 aliphatic rings. The van der Waals surface area contributed by atoms with Gasteiger partial charge in [0.1, 0.15) is 5.25 Å². The van der Waals surface area contributed by atoms with Crippen molar-refractivity contribution in [1.29, 1.82) is 0 Å². The number of anilines is 1. The van der Waals surface area contributed by atoms with Gasteiger partial charge in [-0.2, -0.15) is 0 Å². The van der Waals surface area contributed by atoms with Crippen molar-refractivity contribution in [3.05, 3.63) is 28.2 Å². The summed E-state index contributed by atoms with van der Waals surface area (Å²) < 4.78 is 16.4. The fourth-order valence-corrected chi connectivity index (χ4v) is 4.04. The summed E-state index contributed by atoms with van der Waals surface area (Å²) in [4.78, 5) is 37.5. The van der Waals surface area contributed by atoms with Crippen molar-refractivity contribution in [1.82, 2.24) is 0 Å². The molecule has 124 valence electrons. The first kappa shape index (κ1) is 17.9. The third-order valence-electron chi connectivity index (χ3n) is 3.44. The lowest BCUT2D eigenvalue weighted by Crippen LogP contribution is -2.40. The topological polar surface area (TPSA) is 80.8 Å². The highest BCUT2D eigenvalue weighted by molar-refractivity contribution is 7.85. The summed E-state index contributed by atoms with van der Waals surface area (Å²) in [6, 6.07) is 4.30. The van der Waals surface area contributed by atoms with Gasteiger partial charge in [-0.25, -0.2) is 0 Å². The molecule has 1 aliphatic heterocycles. The molecule has 2 rings (SSSR count). The first-order valence-corrected chi connectivity index (χ1v) is 8.87. The van der Waals surface area contributed by atoms with Crippen LogP contribution in [0.25, 0.3) is 0 Å². The number of esters is 1. The summed E-state index contributed by atoms with van der Waals surface area (Å²) >= 11 is 11.8. The van der Waals surface area contributed by atoms with E-state index in [1.54, 1.807) is 0 Å². The first-order chi connectivity index (χ1) is 10.8. The van der Waals surface area contributed by atoms with Crippen LogP contribution >= 0.6 is 23.2 Å². The Labute approximate surface area is 145 Å². The number of imide groups is 1. The van der Waals surface area contributed by atoms with Crippen molar-refractivity contribution >= 4 is 57.5 Å². The third-order valence-corrected chi connectivity index (χ3v) is 5.12. The molecule has 9 heteroatoms. The number of ether oxygens (including phenoxy) is 1. The monoisotopic (exact) mass is 377 g/mol. The van der Waals surface area contributed by atoms with E-state index in [9.17, 15) is 18.6 Å². The minimum absolute atomic E-state index is 0.213. The zero-order chi connectivity index (χ0) is 17.3. The van der Waals surface area contributed by atoms with Gasteiger partial charge < -0.3 is 4.74 Å². The quantitative estimate of drug-likeness (QED) is 0.590. The first-order valence-electron chi connectivity index (χ1n) is 6.49. The van der Waals surface area contributed by atoms with Crippen LogP contribution in [-0.4, -0.2) is 40.6 Å². The van der Waals surface area contributed by atoms with Gasteiger partial charge in [0.05, 0.1) is 18.7 Å². The zero-order valence-corrected chi connectivity index (χ0v) is 14.6. The Morgan fingerprint density at radius 1 is 1.30 bits per heavy atom. The lowest BCUT2D eigenvalue weighted by atomic mass is 10.0. The maximum Gasteiger partial charge on any atom is 0.322 e. The molecule has 0 aliphatic carbocycles. The van der Waals surface area contributed by atoms with Gasteiger partial charge in [0.15, 0.2) is 0 Å². The minimum atomic E-state index is -1.67. The average molecular weight is 378 g/mol. The van der Waals surface area contributed by atoms with Crippen LogP contribution in [0.5, 0.6) is 0 Å². The predicted molar refractivity (Wildman–Crippen MR) is 86.9 cm³/mol. The van der Waals surface area contributed by atoms with E-state index in [0.29, 0.717) is 0 Å². The molecule has 6 nitrogen and oxygen atoms in total. The van der Waals surface area contributed by atoms with E-state index in [4.69, 9.17) is 23.2 Å². The molecule has 1 heterocycles. The number of carbonyl (C=O) groups is 3. The third kappa shape index (κ3) is 3.57. The number of carbonyl (C=O) groups excluding carboxylic acids is 3. The number of hydrogen-bond acceptors (Lipinski definition) is 5. The number of halogens is 2. The fraction of sp³-hybridized carbons (Fsp3) is 0.357. The Hall–Kier alpha value is -1.44. The van der Waals surface area contributed by atoms with Gasteiger partial charge in [-0.05, 0) is 18.2 Å². The van der Waals surface area contributed by atoms with Crippen LogP contribution in [0.2, 0.25) is 10.0 Å². The van der Waals surface area contributed by atoms with Gasteiger partial charge in [-0.3, -0.25) is 23.5 Å². The van der Waals surface area contributed by atoms with Gasteiger partial charge in [0, 0.05) is 33.5 Å². The van der Waals surface area contributed by atoms with Crippen LogP contribution < -0.4 is 4.90 Å². The number of rotatable bonds is 4. The lowest BCUT2D eigenvalue weighted by Gasteiger charge is -2.19. The van der Waals surface area contributed by atoms with E-state index >= 15 is 0 Å². The summed E-state index contributed by atoms with van der Waals surface area (Å²) in [5.74, 6) is -2.97. The smallest absolute Gasteiger partial charge is 0.322 e. The highest BCUT2D eigenvalue weighted by atomic mass is 35.5. The normalized spacial score (nSPS) is 20.5. The van der Waals surface area contributed by atoms with Gasteiger partial charge in [0.2, 0.25) is 11.8 Å². The van der Waals surface area contributed by atoms with Crippen molar-refractivity contribution in [2.24, 2.45) is 5.92 Å². The van der Waals surface area contributed by atoms with Gasteiger partial charge in [-0.15, -0.1) is 0 Å². The molecule has 0 bridgehead atoms. The number of methoxy groups -OCH3 is 1. The second-order valence-electron chi connectivity index (χ2n) is 4.95. The van der Waals surface area contributed by atoms with Crippen LogP contribution in [0.4, 0.5) is 5.69 Å². The van der Waals surface area contributed by atoms with Crippen molar-refractivity contribution in [3.63, 3.8) is 0 Å². The Bertz CT molecular complexity index is 688. The molecular weight excluding hydrogens is 365 g/mol. The molecular formula is C14H13Cl2NO5S. The van der Waals surface area contributed by atoms with E-state index < -0.39 is 39.8 Å². The molecule has 23 heavy (non-hydrogen) atoms. The van der Waals surface area contributed by atoms with Crippen molar-refractivity contribution < 1.29 is 23.3 Å². The summed E-state index contributed by atoms with van der Waals surface area (Å²) in [5.41, 5.74) is 0.213.